The fourth-order valence-electron chi connectivity index (χ4n) is 1.76. The lowest BCUT2D eigenvalue weighted by atomic mass is 9.97. The topological polar surface area (TPSA) is 37.3 Å². The molecule has 1 fully saturated rings. The lowest BCUT2D eigenvalue weighted by Crippen LogP contribution is -1.96. The van der Waals surface area contributed by atoms with Gasteiger partial charge in [-0.3, -0.25) is 0 Å². The van der Waals surface area contributed by atoms with Crippen LogP contribution in [0.3, 0.4) is 0 Å². The lowest BCUT2D eigenvalue weighted by molar-refractivity contribution is 0.564. The largest absolute Gasteiger partial charge is 0.302 e. The summed E-state index contributed by atoms with van der Waals surface area (Å²) in [6.45, 7) is 2.22. The molecule has 0 heterocycles. The van der Waals surface area contributed by atoms with Gasteiger partial charge in [0.15, 0.2) is 11.1 Å². The van der Waals surface area contributed by atoms with Crippen LogP contribution in [-0.2, 0) is 11.1 Å². The van der Waals surface area contributed by atoms with Gasteiger partial charge < -0.3 is 4.55 Å². The van der Waals surface area contributed by atoms with Crippen molar-refractivity contribution in [1.29, 1.82) is 0 Å². The molecule has 0 amide bonds. The van der Waals surface area contributed by atoms with Crippen molar-refractivity contribution in [3.8, 4) is 0 Å². The summed E-state index contributed by atoms with van der Waals surface area (Å²) in [6.07, 6.45) is 2.66. The van der Waals surface area contributed by atoms with Crippen molar-refractivity contribution in [2.45, 2.75) is 30.6 Å². The van der Waals surface area contributed by atoms with E-state index in [9.17, 15) is 4.21 Å². The van der Waals surface area contributed by atoms with Crippen LogP contribution in [0, 0.1) is 5.92 Å². The standard InChI is InChI=1S/C11H14O2S/c1-8(9-2-3-9)10-4-6-11(7-5-10)14(12)13/h4-9H,2-3H2,1H3,(H,12,13). The third-order valence-electron chi connectivity index (χ3n) is 2.94. The van der Waals surface area contributed by atoms with Gasteiger partial charge in [-0.05, 0) is 42.4 Å². The Bertz CT molecular complexity index is 341. The lowest BCUT2D eigenvalue weighted by Gasteiger charge is -2.10. The molecule has 0 aromatic heterocycles. The molecule has 2 nitrogen and oxygen atoms in total. The molecule has 1 aliphatic carbocycles. The van der Waals surface area contributed by atoms with Crippen molar-refractivity contribution in [2.75, 3.05) is 0 Å². The van der Waals surface area contributed by atoms with E-state index in [0.717, 1.165) is 5.92 Å². The first kappa shape index (κ1) is 9.87. The third-order valence-corrected chi connectivity index (χ3v) is 3.61. The Morgan fingerprint density at radius 3 is 2.36 bits per heavy atom. The van der Waals surface area contributed by atoms with E-state index in [1.54, 1.807) is 12.1 Å². The fourth-order valence-corrected chi connectivity index (χ4v) is 2.13. The molecule has 76 valence electrons. The maximum atomic E-state index is 10.7. The summed E-state index contributed by atoms with van der Waals surface area (Å²) in [6, 6.07) is 7.41. The summed E-state index contributed by atoms with van der Waals surface area (Å²) in [4.78, 5) is 0.483. The van der Waals surface area contributed by atoms with Crippen LogP contribution in [0.5, 0.6) is 0 Å². The molecule has 0 saturated heterocycles. The summed E-state index contributed by atoms with van der Waals surface area (Å²) in [5.41, 5.74) is 1.28. The average molecular weight is 210 g/mol. The first-order valence-corrected chi connectivity index (χ1v) is 6.00. The van der Waals surface area contributed by atoms with Crippen molar-refractivity contribution in [2.24, 2.45) is 5.92 Å². The number of hydrogen-bond donors (Lipinski definition) is 1. The van der Waals surface area contributed by atoms with E-state index in [4.69, 9.17) is 4.55 Å². The summed E-state index contributed by atoms with van der Waals surface area (Å²) >= 11 is -1.85. The molecule has 0 aliphatic heterocycles. The second-order valence-electron chi connectivity index (χ2n) is 3.94. The van der Waals surface area contributed by atoms with E-state index in [2.05, 4.69) is 6.92 Å². The summed E-state index contributed by atoms with van der Waals surface area (Å²) < 4.78 is 19.6. The Balaban J connectivity index is 2.16. The van der Waals surface area contributed by atoms with E-state index in [-0.39, 0.29) is 0 Å². The Hall–Kier alpha value is -0.670. The smallest absolute Gasteiger partial charge is 0.186 e. The molecule has 2 atom stereocenters. The zero-order valence-corrected chi connectivity index (χ0v) is 8.96. The van der Waals surface area contributed by atoms with Crippen molar-refractivity contribution in [1.82, 2.24) is 0 Å². The molecule has 0 spiro atoms. The van der Waals surface area contributed by atoms with Crippen molar-refractivity contribution >= 4 is 11.1 Å². The monoisotopic (exact) mass is 210 g/mol. The van der Waals surface area contributed by atoms with E-state index in [0.29, 0.717) is 10.8 Å². The minimum absolute atomic E-state index is 0.483. The molecule has 1 N–H and O–H groups in total. The second-order valence-corrected chi connectivity index (χ2v) is 4.91. The van der Waals surface area contributed by atoms with Gasteiger partial charge in [0.2, 0.25) is 0 Å². The molecule has 3 heteroatoms. The molecule has 0 bridgehead atoms. The fraction of sp³-hybridized carbons (Fsp3) is 0.455. The maximum Gasteiger partial charge on any atom is 0.186 e. The average Bonchev–Trinajstić information content (AvgIpc) is 3.00. The van der Waals surface area contributed by atoms with Gasteiger partial charge in [0.1, 0.15) is 0 Å². The van der Waals surface area contributed by atoms with Crippen molar-refractivity contribution in [3.05, 3.63) is 29.8 Å². The van der Waals surface area contributed by atoms with Gasteiger partial charge in [-0.2, -0.15) is 0 Å². The van der Waals surface area contributed by atoms with Crippen LogP contribution in [0.1, 0.15) is 31.2 Å². The maximum absolute atomic E-state index is 10.7. The van der Waals surface area contributed by atoms with Gasteiger partial charge in [0, 0.05) is 0 Å². The molecule has 2 rings (SSSR count). The van der Waals surface area contributed by atoms with Crippen LogP contribution in [0.15, 0.2) is 29.2 Å². The first-order chi connectivity index (χ1) is 6.68. The summed E-state index contributed by atoms with van der Waals surface area (Å²) in [5, 5.41) is 0. The van der Waals surface area contributed by atoms with Crippen molar-refractivity contribution < 1.29 is 8.76 Å². The normalized spacial score (nSPS) is 20.4. The van der Waals surface area contributed by atoms with Gasteiger partial charge in [0.25, 0.3) is 0 Å². The summed E-state index contributed by atoms with van der Waals surface area (Å²) in [5.74, 6) is 1.43. The summed E-state index contributed by atoms with van der Waals surface area (Å²) in [7, 11) is 0. The molecule has 1 saturated carbocycles. The minimum Gasteiger partial charge on any atom is -0.302 e. The van der Waals surface area contributed by atoms with Gasteiger partial charge >= 0.3 is 0 Å². The highest BCUT2D eigenvalue weighted by Crippen LogP contribution is 2.42. The van der Waals surface area contributed by atoms with Gasteiger partial charge in [-0.1, -0.05) is 19.1 Å². The van der Waals surface area contributed by atoms with E-state index in [1.807, 2.05) is 12.1 Å². The van der Waals surface area contributed by atoms with E-state index < -0.39 is 11.1 Å². The molecule has 1 aliphatic rings. The Labute approximate surface area is 86.6 Å². The van der Waals surface area contributed by atoms with Crippen LogP contribution >= 0.6 is 0 Å². The Kier molecular flexibility index (Phi) is 2.70. The van der Waals surface area contributed by atoms with Crippen LogP contribution < -0.4 is 0 Å². The third kappa shape index (κ3) is 2.04. The quantitative estimate of drug-likeness (QED) is 0.779. The Morgan fingerprint density at radius 2 is 1.93 bits per heavy atom. The van der Waals surface area contributed by atoms with E-state index >= 15 is 0 Å². The second kappa shape index (κ2) is 3.83. The number of rotatable bonds is 3. The molecule has 14 heavy (non-hydrogen) atoms. The highest BCUT2D eigenvalue weighted by molar-refractivity contribution is 7.79. The van der Waals surface area contributed by atoms with Crippen molar-refractivity contribution in [3.63, 3.8) is 0 Å². The predicted octanol–water partition coefficient (Wildman–Crippen LogP) is 2.78. The molecular weight excluding hydrogens is 196 g/mol. The van der Waals surface area contributed by atoms with Gasteiger partial charge in [-0.25, -0.2) is 4.21 Å². The number of benzene rings is 1. The highest BCUT2D eigenvalue weighted by Gasteiger charge is 2.28. The van der Waals surface area contributed by atoms with Crippen LogP contribution in [0.25, 0.3) is 0 Å². The molecule has 2 unspecified atom stereocenters. The van der Waals surface area contributed by atoms with Crippen LogP contribution in [-0.4, -0.2) is 8.76 Å². The predicted molar refractivity (Wildman–Crippen MR) is 56.6 cm³/mol. The SMILES string of the molecule is CC(c1ccc(S(=O)O)cc1)C1CC1. The molecule has 0 radical (unpaired) electrons. The van der Waals surface area contributed by atoms with Crippen LogP contribution in [0.2, 0.25) is 0 Å². The first-order valence-electron chi connectivity index (χ1n) is 4.89. The molecule has 1 aromatic rings. The van der Waals surface area contributed by atoms with Gasteiger partial charge in [0.05, 0.1) is 4.90 Å². The molecular formula is C11H14O2S. The zero-order chi connectivity index (χ0) is 10.1. The van der Waals surface area contributed by atoms with Gasteiger partial charge in [-0.15, -0.1) is 0 Å². The van der Waals surface area contributed by atoms with Crippen LogP contribution in [0.4, 0.5) is 0 Å². The highest BCUT2D eigenvalue weighted by atomic mass is 32.2. The minimum atomic E-state index is -1.85. The number of hydrogen-bond acceptors (Lipinski definition) is 1. The molecule has 1 aromatic carbocycles. The van der Waals surface area contributed by atoms with E-state index in [1.165, 1.54) is 18.4 Å². The Morgan fingerprint density at radius 1 is 1.36 bits per heavy atom. The zero-order valence-electron chi connectivity index (χ0n) is 8.14.